The van der Waals surface area contributed by atoms with Crippen LogP contribution in [-0.2, 0) is 0 Å². The standard InChI is InChI=1S/C9H7ClIN3/c10-6-1-3-7(4-2-6)14-9(12)8(11)5-13-14/h1-5H,12H2. The third-order valence-electron chi connectivity index (χ3n) is 1.83. The van der Waals surface area contributed by atoms with Crippen LogP contribution in [0.4, 0.5) is 5.82 Å². The molecule has 72 valence electrons. The summed E-state index contributed by atoms with van der Waals surface area (Å²) >= 11 is 7.93. The van der Waals surface area contributed by atoms with E-state index >= 15 is 0 Å². The number of anilines is 1. The summed E-state index contributed by atoms with van der Waals surface area (Å²) in [4.78, 5) is 0. The average molecular weight is 320 g/mol. The van der Waals surface area contributed by atoms with Gasteiger partial charge in [-0.3, -0.25) is 0 Å². The predicted octanol–water partition coefficient (Wildman–Crippen LogP) is 2.71. The summed E-state index contributed by atoms with van der Waals surface area (Å²) in [5, 5.41) is 4.86. The second-order valence-electron chi connectivity index (χ2n) is 2.77. The summed E-state index contributed by atoms with van der Waals surface area (Å²) < 4.78 is 2.62. The van der Waals surface area contributed by atoms with Crippen molar-refractivity contribution in [3.63, 3.8) is 0 Å². The molecule has 5 heteroatoms. The number of nitrogens with zero attached hydrogens (tertiary/aromatic N) is 2. The predicted molar refractivity (Wildman–Crippen MR) is 65.7 cm³/mol. The number of nitrogen functional groups attached to an aromatic ring is 1. The van der Waals surface area contributed by atoms with Gasteiger partial charge < -0.3 is 5.73 Å². The number of halogens is 2. The zero-order valence-electron chi connectivity index (χ0n) is 7.11. The van der Waals surface area contributed by atoms with Crippen LogP contribution in [-0.4, -0.2) is 9.78 Å². The maximum atomic E-state index is 5.83. The molecule has 0 saturated heterocycles. The molecule has 14 heavy (non-hydrogen) atoms. The lowest BCUT2D eigenvalue weighted by Gasteiger charge is -2.03. The molecule has 0 saturated carbocycles. The normalized spacial score (nSPS) is 10.4. The first kappa shape index (κ1) is 9.79. The molecule has 0 unspecified atom stereocenters. The Labute approximate surface area is 100 Å². The van der Waals surface area contributed by atoms with Crippen LogP contribution < -0.4 is 5.73 Å². The average Bonchev–Trinajstić information content (AvgIpc) is 2.50. The summed E-state index contributed by atoms with van der Waals surface area (Å²) in [6.07, 6.45) is 1.73. The van der Waals surface area contributed by atoms with Crippen molar-refractivity contribution in [3.05, 3.63) is 39.1 Å². The van der Waals surface area contributed by atoms with E-state index in [1.165, 1.54) is 0 Å². The van der Waals surface area contributed by atoms with E-state index < -0.39 is 0 Å². The van der Waals surface area contributed by atoms with E-state index in [0.717, 1.165) is 9.26 Å². The highest BCUT2D eigenvalue weighted by atomic mass is 127. The number of rotatable bonds is 1. The molecule has 1 aromatic carbocycles. The number of hydrogen-bond donors (Lipinski definition) is 1. The first-order chi connectivity index (χ1) is 6.68. The van der Waals surface area contributed by atoms with Gasteiger partial charge in [0.05, 0.1) is 15.5 Å². The molecule has 0 atom stereocenters. The Kier molecular flexibility index (Phi) is 2.64. The fraction of sp³-hybridized carbons (Fsp3) is 0. The Morgan fingerprint density at radius 2 is 1.93 bits per heavy atom. The molecule has 0 aliphatic heterocycles. The zero-order chi connectivity index (χ0) is 10.1. The van der Waals surface area contributed by atoms with E-state index in [1.807, 2.05) is 24.3 Å². The molecule has 0 amide bonds. The molecule has 2 N–H and O–H groups in total. The summed E-state index contributed by atoms with van der Waals surface area (Å²) in [5.41, 5.74) is 6.74. The van der Waals surface area contributed by atoms with Gasteiger partial charge in [0, 0.05) is 5.02 Å². The van der Waals surface area contributed by atoms with Gasteiger partial charge in [0.25, 0.3) is 0 Å². The smallest absolute Gasteiger partial charge is 0.140 e. The molecule has 0 aliphatic carbocycles. The Morgan fingerprint density at radius 1 is 1.29 bits per heavy atom. The molecule has 2 rings (SSSR count). The lowest BCUT2D eigenvalue weighted by Crippen LogP contribution is -2.01. The molecule has 0 aliphatic rings. The first-order valence-corrected chi connectivity index (χ1v) is 5.39. The van der Waals surface area contributed by atoms with Crippen molar-refractivity contribution in [3.8, 4) is 5.69 Å². The molecular weight excluding hydrogens is 312 g/mol. The summed E-state index contributed by atoms with van der Waals surface area (Å²) in [6, 6.07) is 7.37. The minimum atomic E-state index is 0.646. The SMILES string of the molecule is Nc1c(I)cnn1-c1ccc(Cl)cc1. The molecule has 0 bridgehead atoms. The highest BCUT2D eigenvalue weighted by Crippen LogP contribution is 2.19. The summed E-state index contributed by atoms with van der Waals surface area (Å²) in [5.74, 6) is 0.646. The van der Waals surface area contributed by atoms with Crippen LogP contribution in [0.3, 0.4) is 0 Å². The van der Waals surface area contributed by atoms with Crippen molar-refractivity contribution in [2.24, 2.45) is 0 Å². The van der Waals surface area contributed by atoms with Gasteiger partial charge in [0.2, 0.25) is 0 Å². The van der Waals surface area contributed by atoms with Crippen LogP contribution in [0.15, 0.2) is 30.5 Å². The van der Waals surface area contributed by atoms with Gasteiger partial charge in [-0.15, -0.1) is 0 Å². The fourth-order valence-corrected chi connectivity index (χ4v) is 1.61. The van der Waals surface area contributed by atoms with Crippen LogP contribution in [0.2, 0.25) is 5.02 Å². The van der Waals surface area contributed by atoms with Crippen molar-refractivity contribution in [1.82, 2.24) is 9.78 Å². The second kappa shape index (κ2) is 3.78. The molecule has 2 aromatic rings. The zero-order valence-corrected chi connectivity index (χ0v) is 10.0. The Morgan fingerprint density at radius 3 is 2.43 bits per heavy atom. The van der Waals surface area contributed by atoms with Crippen LogP contribution in [0.5, 0.6) is 0 Å². The van der Waals surface area contributed by atoms with Crippen molar-refractivity contribution < 1.29 is 0 Å². The maximum absolute atomic E-state index is 5.83. The maximum Gasteiger partial charge on any atom is 0.140 e. The number of nitrogens with two attached hydrogens (primary N) is 1. The van der Waals surface area contributed by atoms with Crippen molar-refractivity contribution in [2.45, 2.75) is 0 Å². The van der Waals surface area contributed by atoms with Gasteiger partial charge in [-0.1, -0.05) is 11.6 Å². The summed E-state index contributed by atoms with van der Waals surface area (Å²) in [6.45, 7) is 0. The van der Waals surface area contributed by atoms with E-state index in [9.17, 15) is 0 Å². The quantitative estimate of drug-likeness (QED) is 0.821. The molecule has 1 heterocycles. The lowest BCUT2D eigenvalue weighted by molar-refractivity contribution is 0.891. The van der Waals surface area contributed by atoms with Crippen molar-refractivity contribution in [2.75, 3.05) is 5.73 Å². The molecule has 0 radical (unpaired) electrons. The topological polar surface area (TPSA) is 43.8 Å². The minimum Gasteiger partial charge on any atom is -0.383 e. The Bertz CT molecular complexity index is 450. The van der Waals surface area contributed by atoms with Crippen molar-refractivity contribution in [1.29, 1.82) is 0 Å². The van der Waals surface area contributed by atoms with Gasteiger partial charge >= 0.3 is 0 Å². The van der Waals surface area contributed by atoms with E-state index in [1.54, 1.807) is 10.9 Å². The third kappa shape index (κ3) is 1.72. The first-order valence-electron chi connectivity index (χ1n) is 3.93. The third-order valence-corrected chi connectivity index (χ3v) is 2.91. The molecule has 3 nitrogen and oxygen atoms in total. The second-order valence-corrected chi connectivity index (χ2v) is 4.36. The van der Waals surface area contributed by atoms with Crippen LogP contribution >= 0.6 is 34.2 Å². The molecular formula is C9H7ClIN3. The van der Waals surface area contributed by atoms with E-state index in [0.29, 0.717) is 10.8 Å². The lowest BCUT2D eigenvalue weighted by atomic mass is 10.3. The van der Waals surface area contributed by atoms with Crippen LogP contribution in [0.1, 0.15) is 0 Å². The Hall–Kier alpha value is -0.750. The van der Waals surface area contributed by atoms with Gasteiger partial charge in [-0.25, -0.2) is 4.68 Å². The molecule has 0 spiro atoms. The highest BCUT2D eigenvalue weighted by molar-refractivity contribution is 14.1. The number of hydrogen-bond acceptors (Lipinski definition) is 2. The highest BCUT2D eigenvalue weighted by Gasteiger charge is 2.05. The van der Waals surface area contributed by atoms with Crippen molar-refractivity contribution >= 4 is 40.0 Å². The van der Waals surface area contributed by atoms with E-state index in [4.69, 9.17) is 17.3 Å². The van der Waals surface area contributed by atoms with E-state index in [-0.39, 0.29) is 0 Å². The van der Waals surface area contributed by atoms with Gasteiger partial charge in [0.15, 0.2) is 0 Å². The monoisotopic (exact) mass is 319 g/mol. The Balaban J connectivity index is 2.49. The van der Waals surface area contributed by atoms with E-state index in [2.05, 4.69) is 27.7 Å². The minimum absolute atomic E-state index is 0.646. The number of benzene rings is 1. The fourth-order valence-electron chi connectivity index (χ4n) is 1.13. The van der Waals surface area contributed by atoms with Crippen LogP contribution in [0, 0.1) is 3.57 Å². The van der Waals surface area contributed by atoms with Gasteiger partial charge in [-0.05, 0) is 46.9 Å². The van der Waals surface area contributed by atoms with Gasteiger partial charge in [-0.2, -0.15) is 5.10 Å². The van der Waals surface area contributed by atoms with Gasteiger partial charge in [0.1, 0.15) is 5.82 Å². The van der Waals surface area contributed by atoms with Crippen LogP contribution in [0.25, 0.3) is 5.69 Å². The molecule has 0 fully saturated rings. The summed E-state index contributed by atoms with van der Waals surface area (Å²) in [7, 11) is 0. The molecule has 1 aromatic heterocycles. The largest absolute Gasteiger partial charge is 0.383 e. The number of aromatic nitrogens is 2.